The first-order valence-corrected chi connectivity index (χ1v) is 8.48. The Morgan fingerprint density at radius 2 is 1.79 bits per heavy atom. The van der Waals surface area contributed by atoms with Gasteiger partial charge < -0.3 is 15.0 Å². The number of amides is 1. The molecule has 0 saturated carbocycles. The lowest BCUT2D eigenvalue weighted by molar-refractivity contribution is 0.0953. The van der Waals surface area contributed by atoms with Crippen LogP contribution in [0, 0.1) is 0 Å². The Kier molecular flexibility index (Phi) is 7.15. The molecule has 0 saturated heterocycles. The molecule has 128 valence electrons. The van der Waals surface area contributed by atoms with Crippen LogP contribution in [0.15, 0.2) is 54.6 Å². The van der Waals surface area contributed by atoms with Crippen LogP contribution < -0.4 is 15.0 Å². The van der Waals surface area contributed by atoms with Crippen LogP contribution in [0.1, 0.15) is 30.1 Å². The maximum atomic E-state index is 12.1. The maximum Gasteiger partial charge on any atom is 0.251 e. The molecule has 4 heteroatoms. The van der Waals surface area contributed by atoms with E-state index in [2.05, 4.69) is 36.3 Å². The summed E-state index contributed by atoms with van der Waals surface area (Å²) in [4.78, 5) is 14.3. The van der Waals surface area contributed by atoms with Crippen LogP contribution in [-0.2, 0) is 0 Å². The first-order chi connectivity index (χ1) is 11.7. The third-order valence-corrected chi connectivity index (χ3v) is 3.74. The quantitative estimate of drug-likeness (QED) is 0.714. The highest BCUT2D eigenvalue weighted by Gasteiger charge is 2.05. The molecule has 2 aromatic rings. The number of hydrogen-bond acceptors (Lipinski definition) is 3. The number of ether oxygens (including phenoxy) is 1. The number of nitrogens with zero attached hydrogens (tertiary/aromatic N) is 1. The highest BCUT2D eigenvalue weighted by Crippen LogP contribution is 2.13. The zero-order chi connectivity index (χ0) is 17.2. The summed E-state index contributed by atoms with van der Waals surface area (Å²) in [5, 5.41) is 2.96. The molecule has 0 heterocycles. The van der Waals surface area contributed by atoms with Crippen LogP contribution in [0.2, 0.25) is 0 Å². The second-order valence-corrected chi connectivity index (χ2v) is 5.74. The summed E-state index contributed by atoms with van der Waals surface area (Å²) >= 11 is 0. The van der Waals surface area contributed by atoms with Crippen molar-refractivity contribution in [1.82, 2.24) is 5.32 Å². The van der Waals surface area contributed by atoms with Crippen LogP contribution in [-0.4, -0.2) is 32.7 Å². The smallest absolute Gasteiger partial charge is 0.251 e. The fourth-order valence-electron chi connectivity index (χ4n) is 2.35. The Hall–Kier alpha value is -2.49. The Morgan fingerprint density at radius 3 is 2.46 bits per heavy atom. The Bertz CT molecular complexity index is 611. The molecule has 0 fully saturated rings. The van der Waals surface area contributed by atoms with E-state index in [-0.39, 0.29) is 5.91 Å². The van der Waals surface area contributed by atoms with E-state index in [9.17, 15) is 4.79 Å². The lowest BCUT2D eigenvalue weighted by Crippen LogP contribution is -2.28. The number of anilines is 1. The second kappa shape index (κ2) is 9.60. The van der Waals surface area contributed by atoms with E-state index in [0.29, 0.717) is 18.7 Å². The first kappa shape index (κ1) is 17.9. The highest BCUT2D eigenvalue weighted by atomic mass is 16.5. The van der Waals surface area contributed by atoms with Crippen molar-refractivity contribution in [3.8, 4) is 5.75 Å². The van der Waals surface area contributed by atoms with E-state index < -0.39 is 0 Å². The molecular formula is C20H26N2O2. The highest BCUT2D eigenvalue weighted by molar-refractivity contribution is 5.94. The van der Waals surface area contributed by atoms with Crippen molar-refractivity contribution in [2.24, 2.45) is 0 Å². The standard InChI is InChI=1S/C20H26N2O2/c1-3-16-24-19-12-10-17(11-13-19)20(23)21-14-7-15-22(2)18-8-5-4-6-9-18/h4-6,8-13H,3,7,14-16H2,1-2H3,(H,21,23). The average Bonchev–Trinajstić information content (AvgIpc) is 2.64. The largest absolute Gasteiger partial charge is 0.494 e. The van der Waals surface area contributed by atoms with Gasteiger partial charge in [0, 0.05) is 31.4 Å². The van der Waals surface area contributed by atoms with Crippen molar-refractivity contribution in [3.05, 3.63) is 60.2 Å². The fourth-order valence-corrected chi connectivity index (χ4v) is 2.35. The fraction of sp³-hybridized carbons (Fsp3) is 0.350. The van der Waals surface area contributed by atoms with Crippen molar-refractivity contribution in [2.75, 3.05) is 31.6 Å². The third-order valence-electron chi connectivity index (χ3n) is 3.74. The number of carbonyl (C=O) groups excluding carboxylic acids is 1. The van der Waals surface area contributed by atoms with Gasteiger partial charge in [-0.15, -0.1) is 0 Å². The van der Waals surface area contributed by atoms with Gasteiger partial charge in [0.05, 0.1) is 6.61 Å². The third kappa shape index (κ3) is 5.61. The van der Waals surface area contributed by atoms with Gasteiger partial charge in [-0.25, -0.2) is 0 Å². The van der Waals surface area contributed by atoms with E-state index in [0.717, 1.165) is 25.1 Å². The normalized spacial score (nSPS) is 10.2. The Balaban J connectivity index is 1.71. The van der Waals surface area contributed by atoms with Gasteiger partial charge in [0.1, 0.15) is 5.75 Å². The molecule has 0 aliphatic heterocycles. The minimum absolute atomic E-state index is 0.0422. The number of nitrogens with one attached hydrogen (secondary N) is 1. The minimum atomic E-state index is -0.0422. The van der Waals surface area contributed by atoms with E-state index in [1.165, 1.54) is 5.69 Å². The van der Waals surface area contributed by atoms with E-state index in [1.54, 1.807) is 12.1 Å². The van der Waals surface area contributed by atoms with Crippen molar-refractivity contribution >= 4 is 11.6 Å². The van der Waals surface area contributed by atoms with Crippen LogP contribution in [0.3, 0.4) is 0 Å². The number of hydrogen-bond donors (Lipinski definition) is 1. The molecule has 0 aliphatic rings. The van der Waals surface area contributed by atoms with Gasteiger partial charge in [-0.1, -0.05) is 25.1 Å². The predicted molar refractivity (Wildman–Crippen MR) is 98.9 cm³/mol. The molecule has 0 unspecified atom stereocenters. The van der Waals surface area contributed by atoms with Crippen LogP contribution >= 0.6 is 0 Å². The lowest BCUT2D eigenvalue weighted by Gasteiger charge is -2.19. The molecule has 0 aromatic heterocycles. The topological polar surface area (TPSA) is 41.6 Å². The molecule has 4 nitrogen and oxygen atoms in total. The molecule has 0 aliphatic carbocycles. The lowest BCUT2D eigenvalue weighted by atomic mass is 10.2. The summed E-state index contributed by atoms with van der Waals surface area (Å²) in [6.45, 7) is 4.32. The molecule has 0 bridgehead atoms. The molecule has 2 aromatic carbocycles. The number of rotatable bonds is 9. The van der Waals surface area contributed by atoms with Crippen molar-refractivity contribution in [2.45, 2.75) is 19.8 Å². The second-order valence-electron chi connectivity index (χ2n) is 5.74. The summed E-state index contributed by atoms with van der Waals surface area (Å²) in [7, 11) is 2.06. The SMILES string of the molecule is CCCOc1ccc(C(=O)NCCCN(C)c2ccccc2)cc1. The van der Waals surface area contributed by atoms with Crippen LogP contribution in [0.25, 0.3) is 0 Å². The molecule has 2 rings (SSSR count). The molecule has 24 heavy (non-hydrogen) atoms. The van der Waals surface area contributed by atoms with Crippen molar-refractivity contribution in [3.63, 3.8) is 0 Å². The summed E-state index contributed by atoms with van der Waals surface area (Å²) in [5.41, 5.74) is 1.85. The zero-order valence-electron chi connectivity index (χ0n) is 14.5. The molecule has 1 amide bonds. The predicted octanol–water partition coefficient (Wildman–Crippen LogP) is 3.73. The van der Waals surface area contributed by atoms with Crippen molar-refractivity contribution in [1.29, 1.82) is 0 Å². The number of carbonyl (C=O) groups is 1. The maximum absolute atomic E-state index is 12.1. The van der Waals surface area contributed by atoms with Gasteiger partial charge in [-0.05, 0) is 49.2 Å². The van der Waals surface area contributed by atoms with E-state index in [1.807, 2.05) is 30.3 Å². The summed E-state index contributed by atoms with van der Waals surface area (Å²) in [6.07, 6.45) is 1.87. The monoisotopic (exact) mass is 326 g/mol. The minimum Gasteiger partial charge on any atom is -0.494 e. The molecule has 0 atom stereocenters. The molecule has 0 radical (unpaired) electrons. The van der Waals surface area contributed by atoms with Gasteiger partial charge in [-0.2, -0.15) is 0 Å². The van der Waals surface area contributed by atoms with Gasteiger partial charge in [-0.3, -0.25) is 4.79 Å². The van der Waals surface area contributed by atoms with Crippen LogP contribution in [0.5, 0.6) is 5.75 Å². The average molecular weight is 326 g/mol. The molecule has 1 N–H and O–H groups in total. The zero-order valence-corrected chi connectivity index (χ0v) is 14.5. The van der Waals surface area contributed by atoms with Crippen molar-refractivity contribution < 1.29 is 9.53 Å². The Labute approximate surface area is 144 Å². The summed E-state index contributed by atoms with van der Waals surface area (Å²) in [5.74, 6) is 0.761. The van der Waals surface area contributed by atoms with Gasteiger partial charge in [0.25, 0.3) is 5.91 Å². The summed E-state index contributed by atoms with van der Waals surface area (Å²) < 4.78 is 5.52. The van der Waals surface area contributed by atoms with Gasteiger partial charge >= 0.3 is 0 Å². The van der Waals surface area contributed by atoms with Gasteiger partial charge in [0.2, 0.25) is 0 Å². The summed E-state index contributed by atoms with van der Waals surface area (Å²) in [6, 6.07) is 17.5. The first-order valence-electron chi connectivity index (χ1n) is 8.48. The molecular weight excluding hydrogens is 300 g/mol. The van der Waals surface area contributed by atoms with Gasteiger partial charge in [0.15, 0.2) is 0 Å². The van der Waals surface area contributed by atoms with Crippen LogP contribution in [0.4, 0.5) is 5.69 Å². The number of para-hydroxylation sites is 1. The Morgan fingerprint density at radius 1 is 1.08 bits per heavy atom. The molecule has 0 spiro atoms. The van der Waals surface area contributed by atoms with E-state index in [4.69, 9.17) is 4.74 Å². The van der Waals surface area contributed by atoms with E-state index >= 15 is 0 Å². The number of benzene rings is 2.